The normalized spacial score (nSPS) is 14.1. The van der Waals surface area contributed by atoms with Crippen molar-refractivity contribution in [1.29, 1.82) is 0 Å². The Kier molecular flexibility index (Phi) is 16.3. The first-order chi connectivity index (χ1) is 24.6. The quantitative estimate of drug-likeness (QED) is 0.0580. The highest BCUT2D eigenvalue weighted by Crippen LogP contribution is 2.36. The molecule has 51 heavy (non-hydrogen) atoms. The van der Waals surface area contributed by atoms with Crippen molar-refractivity contribution >= 4 is 82.3 Å². The largest absolute Gasteiger partial charge is 0.496 e. The molecule has 13 heteroatoms. The van der Waals surface area contributed by atoms with Gasteiger partial charge in [-0.05, 0) is 115 Å². The topological polar surface area (TPSA) is 124 Å². The number of Topliss-reactive ketones (excluding diaryl/α,β-unsaturated/α-hetero) is 2. The Morgan fingerprint density at radius 3 is 1.86 bits per heavy atom. The molecule has 1 saturated heterocycles. The maximum Gasteiger partial charge on any atom is 0.306 e. The molecule has 0 bridgehead atoms. The van der Waals surface area contributed by atoms with E-state index in [-0.39, 0.29) is 55.5 Å². The van der Waals surface area contributed by atoms with Gasteiger partial charge in [0.05, 0.1) is 61.1 Å². The summed E-state index contributed by atoms with van der Waals surface area (Å²) < 4.78 is 34.8. The molecule has 4 aromatic rings. The molecule has 3 heterocycles. The van der Waals surface area contributed by atoms with Crippen molar-refractivity contribution in [2.45, 2.75) is 77.9 Å². The van der Waals surface area contributed by atoms with Crippen LogP contribution in [0.5, 0.6) is 11.5 Å². The van der Waals surface area contributed by atoms with E-state index in [1.165, 1.54) is 22.7 Å². The molecule has 0 amide bonds. The molecule has 5 rings (SSSR count). The maximum atomic E-state index is 12.5. The third-order valence-corrected chi connectivity index (χ3v) is 10.9. The van der Waals surface area contributed by atoms with E-state index in [0.717, 1.165) is 80.4 Å². The van der Waals surface area contributed by atoms with Gasteiger partial charge < -0.3 is 28.4 Å². The number of thiophene rings is 2. The molecule has 1 unspecified atom stereocenters. The van der Waals surface area contributed by atoms with Gasteiger partial charge in [0.15, 0.2) is 17.9 Å². The predicted octanol–water partition coefficient (Wildman–Crippen LogP) is 9.11. The number of halogens is 1. The Morgan fingerprint density at radius 2 is 1.33 bits per heavy atom. The van der Waals surface area contributed by atoms with E-state index >= 15 is 0 Å². The van der Waals surface area contributed by atoms with Gasteiger partial charge in [-0.25, -0.2) is 0 Å². The smallest absolute Gasteiger partial charge is 0.306 e. The molecule has 0 aliphatic carbocycles. The molecule has 1 fully saturated rings. The van der Waals surface area contributed by atoms with Crippen LogP contribution in [0.2, 0.25) is 0 Å². The predicted molar refractivity (Wildman–Crippen MR) is 203 cm³/mol. The molecular formula is C38H45BrO10S2. The van der Waals surface area contributed by atoms with Crippen molar-refractivity contribution in [2.75, 3.05) is 40.6 Å². The zero-order valence-corrected chi connectivity index (χ0v) is 32.7. The Morgan fingerprint density at radius 1 is 0.765 bits per heavy atom. The van der Waals surface area contributed by atoms with Gasteiger partial charge >= 0.3 is 11.9 Å². The number of carbonyl (C=O) groups excluding carboxylic acids is 4. The second-order valence-corrected chi connectivity index (χ2v) is 14.7. The van der Waals surface area contributed by atoms with Crippen molar-refractivity contribution in [3.8, 4) is 11.5 Å². The average Bonchev–Trinajstić information content (AvgIpc) is 3.75. The lowest BCUT2D eigenvalue weighted by Gasteiger charge is -2.22. The molecule has 0 radical (unpaired) electrons. The molecule has 1 aliphatic heterocycles. The highest BCUT2D eigenvalue weighted by atomic mass is 79.9. The van der Waals surface area contributed by atoms with E-state index in [0.29, 0.717) is 29.6 Å². The summed E-state index contributed by atoms with van der Waals surface area (Å²) in [4.78, 5) is 48.7. The summed E-state index contributed by atoms with van der Waals surface area (Å²) in [5.41, 5.74) is 1.10. The summed E-state index contributed by atoms with van der Waals surface area (Å²) in [6, 6.07) is 11.6. The summed E-state index contributed by atoms with van der Waals surface area (Å²) in [6.45, 7) is 5.60. The Bertz CT molecular complexity index is 1790. The summed E-state index contributed by atoms with van der Waals surface area (Å²) in [5, 5.41) is 2.00. The lowest BCUT2D eigenvalue weighted by atomic mass is 10.1. The molecule has 1 atom stereocenters. The van der Waals surface area contributed by atoms with Crippen LogP contribution >= 0.6 is 38.6 Å². The average molecular weight is 806 g/mol. The number of carbonyl (C=O) groups is 4. The molecule has 2 aromatic carbocycles. The summed E-state index contributed by atoms with van der Waals surface area (Å²) in [6.07, 6.45) is 5.44. The summed E-state index contributed by atoms with van der Waals surface area (Å²) in [5.74, 6) is 0.803. The number of fused-ring (bicyclic) bond motifs is 2. The number of hydrogen-bond donors (Lipinski definition) is 0. The Labute approximate surface area is 314 Å². The second-order valence-electron chi connectivity index (χ2n) is 11.7. The van der Waals surface area contributed by atoms with Crippen LogP contribution in [0.15, 0.2) is 40.9 Å². The molecule has 0 N–H and O–H groups in total. The van der Waals surface area contributed by atoms with Crippen LogP contribution < -0.4 is 9.47 Å². The van der Waals surface area contributed by atoms with Crippen molar-refractivity contribution in [3.63, 3.8) is 0 Å². The highest BCUT2D eigenvalue weighted by Gasteiger charge is 2.17. The summed E-state index contributed by atoms with van der Waals surface area (Å²) >= 11 is 6.26. The SMILES string of the molecule is CCOC(=O)CCC(=O)c1cc2cc(Br)c(OC)cc2s1.CCOC(=O)CCC(=O)c1cc2cc(CCCOC3CCCCO3)c(OC)cc2s1. The minimum atomic E-state index is -0.337. The Hall–Kier alpha value is -3.36. The van der Waals surface area contributed by atoms with Gasteiger partial charge in [-0.15, -0.1) is 22.7 Å². The third kappa shape index (κ3) is 12.1. The van der Waals surface area contributed by atoms with Crippen LogP contribution in [-0.4, -0.2) is 70.4 Å². The number of aryl methyl sites for hydroxylation is 1. The van der Waals surface area contributed by atoms with Crippen LogP contribution in [0.25, 0.3) is 20.2 Å². The number of methoxy groups -OCH3 is 2. The van der Waals surface area contributed by atoms with Gasteiger partial charge in [0.2, 0.25) is 0 Å². The number of ketones is 2. The monoisotopic (exact) mass is 804 g/mol. The van der Waals surface area contributed by atoms with Gasteiger partial charge in [0.25, 0.3) is 0 Å². The van der Waals surface area contributed by atoms with Gasteiger partial charge in [-0.3, -0.25) is 19.2 Å². The van der Waals surface area contributed by atoms with Crippen molar-refractivity contribution in [3.05, 3.63) is 56.2 Å². The van der Waals surface area contributed by atoms with Crippen molar-refractivity contribution in [1.82, 2.24) is 0 Å². The fourth-order valence-corrected chi connectivity index (χ4v) is 8.04. The first kappa shape index (κ1) is 40.4. The lowest BCUT2D eigenvalue weighted by Crippen LogP contribution is -2.22. The molecule has 2 aromatic heterocycles. The lowest BCUT2D eigenvalue weighted by molar-refractivity contribution is -0.162. The highest BCUT2D eigenvalue weighted by molar-refractivity contribution is 9.10. The Balaban J connectivity index is 0.000000244. The van der Waals surface area contributed by atoms with Crippen LogP contribution in [-0.2, 0) is 35.0 Å². The van der Waals surface area contributed by atoms with Gasteiger partial charge in [-0.2, -0.15) is 0 Å². The molecule has 0 spiro atoms. The van der Waals surface area contributed by atoms with E-state index in [4.69, 9.17) is 28.4 Å². The maximum absolute atomic E-state index is 12.5. The zero-order valence-electron chi connectivity index (χ0n) is 29.5. The van der Waals surface area contributed by atoms with Crippen LogP contribution in [0.4, 0.5) is 0 Å². The standard InChI is InChI=1S/C23H30O6S.C15H15BrO4S/c1-3-27-22(25)10-9-18(24)21-14-17-13-16(19(26-2)15-20(17)30-21)7-6-12-29-23-8-4-5-11-28-23;1-3-20-15(18)5-4-11(17)14-7-9-6-10(16)12(19-2)8-13(9)21-14/h13-15,23H,3-12H2,1-2H3;6-8H,3-5H2,1-2H3. The molecule has 276 valence electrons. The van der Waals surface area contributed by atoms with E-state index in [2.05, 4.69) is 22.0 Å². The van der Waals surface area contributed by atoms with Crippen LogP contribution in [0.1, 0.15) is 90.1 Å². The van der Waals surface area contributed by atoms with E-state index in [9.17, 15) is 19.2 Å². The number of esters is 2. The first-order valence-corrected chi connectivity index (χ1v) is 19.6. The zero-order chi connectivity index (χ0) is 36.8. The molecule has 1 aliphatic rings. The number of benzene rings is 2. The first-order valence-electron chi connectivity index (χ1n) is 17.1. The van der Waals surface area contributed by atoms with Gasteiger partial charge in [0, 0.05) is 28.8 Å². The number of ether oxygens (including phenoxy) is 6. The molecule has 0 saturated carbocycles. The summed E-state index contributed by atoms with van der Waals surface area (Å²) in [7, 11) is 3.26. The molecule has 10 nitrogen and oxygen atoms in total. The van der Waals surface area contributed by atoms with Crippen LogP contribution in [0, 0.1) is 0 Å². The fourth-order valence-electron chi connectivity index (χ4n) is 5.44. The van der Waals surface area contributed by atoms with Crippen molar-refractivity contribution in [2.24, 2.45) is 0 Å². The number of hydrogen-bond acceptors (Lipinski definition) is 12. The number of rotatable bonds is 17. The minimum absolute atomic E-state index is 0.0364. The fraction of sp³-hybridized carbons (Fsp3) is 0.474. The van der Waals surface area contributed by atoms with E-state index < -0.39 is 0 Å². The minimum Gasteiger partial charge on any atom is -0.496 e. The molecular weight excluding hydrogens is 760 g/mol. The van der Waals surface area contributed by atoms with E-state index in [1.54, 1.807) is 28.1 Å². The van der Waals surface area contributed by atoms with Crippen molar-refractivity contribution < 1.29 is 47.6 Å². The van der Waals surface area contributed by atoms with Gasteiger partial charge in [0.1, 0.15) is 11.5 Å². The third-order valence-electron chi connectivity index (χ3n) is 8.01. The second kappa shape index (κ2) is 20.6. The van der Waals surface area contributed by atoms with E-state index in [1.807, 2.05) is 30.3 Å². The van der Waals surface area contributed by atoms with Gasteiger partial charge in [-0.1, -0.05) is 0 Å². The van der Waals surface area contributed by atoms with Crippen LogP contribution in [0.3, 0.4) is 0 Å².